The number of rotatable bonds is 1. The van der Waals surface area contributed by atoms with Gasteiger partial charge in [-0.25, -0.2) is 9.37 Å². The lowest BCUT2D eigenvalue weighted by atomic mass is 10.2. The standard InChI is InChI=1S/C9H11FN2OS/c1-5-6(2)14-8(11-5)9(13)12-3-7(10)4-12/h7H,3-4H2,1-2H3. The normalized spacial score (nSPS) is 16.9. The summed E-state index contributed by atoms with van der Waals surface area (Å²) in [6.07, 6.45) is -0.846. The van der Waals surface area contributed by atoms with Crippen molar-refractivity contribution in [3.63, 3.8) is 0 Å². The fourth-order valence-corrected chi connectivity index (χ4v) is 2.17. The molecule has 0 spiro atoms. The average molecular weight is 214 g/mol. The van der Waals surface area contributed by atoms with Crippen LogP contribution in [-0.4, -0.2) is 35.1 Å². The number of likely N-dealkylation sites (tertiary alicyclic amines) is 1. The van der Waals surface area contributed by atoms with Crippen molar-refractivity contribution in [3.8, 4) is 0 Å². The molecule has 0 unspecified atom stereocenters. The van der Waals surface area contributed by atoms with Gasteiger partial charge in [0.1, 0.15) is 6.17 Å². The molecule has 2 heterocycles. The van der Waals surface area contributed by atoms with Crippen LogP contribution in [-0.2, 0) is 0 Å². The molecule has 1 aliphatic heterocycles. The molecule has 1 amide bonds. The van der Waals surface area contributed by atoms with Crippen molar-refractivity contribution in [2.45, 2.75) is 20.0 Å². The molecular weight excluding hydrogens is 203 g/mol. The van der Waals surface area contributed by atoms with Gasteiger partial charge in [-0.05, 0) is 13.8 Å². The number of nitrogens with zero attached hydrogens (tertiary/aromatic N) is 2. The highest BCUT2D eigenvalue weighted by Gasteiger charge is 2.32. The minimum atomic E-state index is -0.846. The zero-order valence-corrected chi connectivity index (χ0v) is 8.90. The molecule has 14 heavy (non-hydrogen) atoms. The van der Waals surface area contributed by atoms with Crippen LogP contribution in [0.2, 0.25) is 0 Å². The van der Waals surface area contributed by atoms with Crippen molar-refractivity contribution in [3.05, 3.63) is 15.6 Å². The maximum Gasteiger partial charge on any atom is 0.283 e. The van der Waals surface area contributed by atoms with E-state index in [9.17, 15) is 9.18 Å². The highest BCUT2D eigenvalue weighted by atomic mass is 32.1. The van der Waals surface area contributed by atoms with E-state index in [1.165, 1.54) is 16.2 Å². The predicted octanol–water partition coefficient (Wildman–Crippen LogP) is 1.55. The Kier molecular flexibility index (Phi) is 2.26. The van der Waals surface area contributed by atoms with Crippen molar-refractivity contribution >= 4 is 17.2 Å². The number of alkyl halides is 1. The van der Waals surface area contributed by atoms with Gasteiger partial charge in [0, 0.05) is 4.88 Å². The van der Waals surface area contributed by atoms with Crippen LogP contribution < -0.4 is 0 Å². The van der Waals surface area contributed by atoms with Gasteiger partial charge in [-0.3, -0.25) is 4.79 Å². The minimum Gasteiger partial charge on any atom is -0.331 e. The monoisotopic (exact) mass is 214 g/mol. The number of aromatic nitrogens is 1. The summed E-state index contributed by atoms with van der Waals surface area (Å²) in [7, 11) is 0. The molecule has 2 rings (SSSR count). The summed E-state index contributed by atoms with van der Waals surface area (Å²) in [5.74, 6) is -0.139. The molecule has 0 bridgehead atoms. The lowest BCUT2D eigenvalue weighted by molar-refractivity contribution is 0.0400. The fraction of sp³-hybridized carbons (Fsp3) is 0.556. The third-order valence-electron chi connectivity index (χ3n) is 2.34. The van der Waals surface area contributed by atoms with Crippen LogP contribution in [0.5, 0.6) is 0 Å². The van der Waals surface area contributed by atoms with Gasteiger partial charge in [0.05, 0.1) is 18.8 Å². The zero-order chi connectivity index (χ0) is 10.3. The Morgan fingerprint density at radius 1 is 1.57 bits per heavy atom. The van der Waals surface area contributed by atoms with Crippen molar-refractivity contribution in [1.82, 2.24) is 9.88 Å². The Hall–Kier alpha value is -0.970. The second-order valence-electron chi connectivity index (χ2n) is 3.47. The third kappa shape index (κ3) is 1.52. The number of halogens is 1. The molecular formula is C9H11FN2OS. The quantitative estimate of drug-likeness (QED) is 0.710. The first-order chi connectivity index (χ1) is 6.58. The highest BCUT2D eigenvalue weighted by Crippen LogP contribution is 2.21. The van der Waals surface area contributed by atoms with Gasteiger partial charge < -0.3 is 4.90 Å². The molecule has 1 aromatic heterocycles. The van der Waals surface area contributed by atoms with E-state index in [4.69, 9.17) is 0 Å². The maximum atomic E-state index is 12.5. The number of carbonyl (C=O) groups is 1. The van der Waals surface area contributed by atoms with Crippen LogP contribution in [0, 0.1) is 13.8 Å². The number of hydrogen-bond donors (Lipinski definition) is 0. The molecule has 0 atom stereocenters. The molecule has 0 aromatic carbocycles. The van der Waals surface area contributed by atoms with Gasteiger partial charge in [0.25, 0.3) is 5.91 Å². The first kappa shape index (κ1) is 9.58. The number of carbonyl (C=O) groups excluding carboxylic acids is 1. The summed E-state index contributed by atoms with van der Waals surface area (Å²) < 4.78 is 12.5. The molecule has 0 saturated carbocycles. The van der Waals surface area contributed by atoms with Gasteiger partial charge in [0.15, 0.2) is 5.01 Å². The Bertz CT molecular complexity index is 351. The summed E-state index contributed by atoms with van der Waals surface area (Å²) in [4.78, 5) is 18.3. The van der Waals surface area contributed by atoms with Gasteiger partial charge in [-0.2, -0.15) is 0 Å². The number of thiazole rings is 1. The lowest BCUT2D eigenvalue weighted by Gasteiger charge is -2.33. The molecule has 0 aliphatic carbocycles. The Balaban J connectivity index is 2.12. The SMILES string of the molecule is Cc1nc(C(=O)N2CC(F)C2)sc1C. The first-order valence-electron chi connectivity index (χ1n) is 4.45. The zero-order valence-electron chi connectivity index (χ0n) is 8.08. The van der Waals surface area contributed by atoms with E-state index in [2.05, 4.69) is 4.98 Å². The van der Waals surface area contributed by atoms with E-state index in [1.807, 2.05) is 13.8 Å². The fourth-order valence-electron chi connectivity index (χ4n) is 1.29. The molecule has 0 N–H and O–H groups in total. The topological polar surface area (TPSA) is 33.2 Å². The second kappa shape index (κ2) is 3.31. The van der Waals surface area contributed by atoms with Crippen LogP contribution in [0.3, 0.4) is 0 Å². The maximum absolute atomic E-state index is 12.5. The number of aryl methyl sites for hydroxylation is 2. The molecule has 1 aliphatic rings. The summed E-state index contributed by atoms with van der Waals surface area (Å²) in [5.41, 5.74) is 0.885. The van der Waals surface area contributed by atoms with E-state index in [1.54, 1.807) is 0 Å². The summed E-state index contributed by atoms with van der Waals surface area (Å²) >= 11 is 1.38. The van der Waals surface area contributed by atoms with E-state index in [-0.39, 0.29) is 19.0 Å². The molecule has 1 aromatic rings. The van der Waals surface area contributed by atoms with Gasteiger partial charge in [-0.1, -0.05) is 0 Å². The van der Waals surface area contributed by atoms with Crippen LogP contribution in [0.1, 0.15) is 20.4 Å². The van der Waals surface area contributed by atoms with E-state index >= 15 is 0 Å². The van der Waals surface area contributed by atoms with Crippen LogP contribution in [0.4, 0.5) is 4.39 Å². The van der Waals surface area contributed by atoms with Gasteiger partial charge in [-0.15, -0.1) is 11.3 Å². The minimum absolute atomic E-state index is 0.139. The first-order valence-corrected chi connectivity index (χ1v) is 5.27. The molecule has 0 radical (unpaired) electrons. The van der Waals surface area contributed by atoms with Crippen LogP contribution >= 0.6 is 11.3 Å². The number of amides is 1. The Labute approximate surface area is 85.6 Å². The van der Waals surface area contributed by atoms with E-state index in [0.717, 1.165) is 10.6 Å². The average Bonchev–Trinajstić information content (AvgIpc) is 2.41. The molecule has 1 saturated heterocycles. The number of hydrogen-bond acceptors (Lipinski definition) is 3. The van der Waals surface area contributed by atoms with E-state index in [0.29, 0.717) is 5.01 Å². The smallest absolute Gasteiger partial charge is 0.283 e. The summed E-state index contributed by atoms with van der Waals surface area (Å²) in [6.45, 7) is 4.24. The molecule has 1 fully saturated rings. The molecule has 5 heteroatoms. The lowest BCUT2D eigenvalue weighted by Crippen LogP contribution is -2.51. The van der Waals surface area contributed by atoms with Gasteiger partial charge >= 0.3 is 0 Å². The Morgan fingerprint density at radius 3 is 2.64 bits per heavy atom. The van der Waals surface area contributed by atoms with Crippen LogP contribution in [0.15, 0.2) is 0 Å². The van der Waals surface area contributed by atoms with Crippen molar-refractivity contribution in [1.29, 1.82) is 0 Å². The van der Waals surface area contributed by atoms with Gasteiger partial charge in [0.2, 0.25) is 0 Å². The largest absolute Gasteiger partial charge is 0.331 e. The van der Waals surface area contributed by atoms with Crippen molar-refractivity contribution < 1.29 is 9.18 Å². The van der Waals surface area contributed by atoms with Crippen molar-refractivity contribution in [2.24, 2.45) is 0 Å². The Morgan fingerprint density at radius 2 is 2.21 bits per heavy atom. The summed E-state index contributed by atoms with van der Waals surface area (Å²) in [5, 5.41) is 0.479. The second-order valence-corrected chi connectivity index (χ2v) is 4.67. The summed E-state index contributed by atoms with van der Waals surface area (Å²) in [6, 6.07) is 0. The van der Waals surface area contributed by atoms with Crippen LogP contribution in [0.25, 0.3) is 0 Å². The third-order valence-corrected chi connectivity index (χ3v) is 3.40. The highest BCUT2D eigenvalue weighted by molar-refractivity contribution is 7.13. The van der Waals surface area contributed by atoms with E-state index < -0.39 is 6.17 Å². The molecule has 3 nitrogen and oxygen atoms in total. The predicted molar refractivity (Wildman–Crippen MR) is 52.4 cm³/mol. The molecule has 76 valence electrons. The van der Waals surface area contributed by atoms with Crippen molar-refractivity contribution in [2.75, 3.05) is 13.1 Å².